The molecule has 1 amide bonds. The van der Waals surface area contributed by atoms with E-state index in [4.69, 9.17) is 4.74 Å². The van der Waals surface area contributed by atoms with E-state index in [1.807, 2.05) is 11.8 Å². The van der Waals surface area contributed by atoms with Crippen LogP contribution in [0.15, 0.2) is 30.6 Å². The molecule has 0 aliphatic carbocycles. The van der Waals surface area contributed by atoms with Gasteiger partial charge in [-0.05, 0) is 55.6 Å². The third-order valence-corrected chi connectivity index (χ3v) is 7.64. The molecular weight excluding hydrogens is 424 g/mol. The summed E-state index contributed by atoms with van der Waals surface area (Å²) in [6.45, 7) is 12.4. The van der Waals surface area contributed by atoms with Gasteiger partial charge in [0.15, 0.2) is 0 Å². The van der Waals surface area contributed by atoms with Gasteiger partial charge < -0.3 is 9.64 Å². The normalized spacial score (nSPS) is 20.1. The lowest BCUT2D eigenvalue weighted by Gasteiger charge is -2.36. The van der Waals surface area contributed by atoms with Crippen LogP contribution in [0.25, 0.3) is 0 Å². The molecule has 2 saturated heterocycles. The molecule has 0 bridgehead atoms. The Hall–Kier alpha value is -2.31. The minimum absolute atomic E-state index is 0.0466. The summed E-state index contributed by atoms with van der Waals surface area (Å²) in [5.74, 6) is 0.0466. The van der Waals surface area contributed by atoms with Crippen LogP contribution < -0.4 is 0 Å². The van der Waals surface area contributed by atoms with Gasteiger partial charge in [0.1, 0.15) is 12.0 Å². The lowest BCUT2D eigenvalue weighted by molar-refractivity contribution is 0.0597. The van der Waals surface area contributed by atoms with Crippen molar-refractivity contribution in [3.05, 3.63) is 58.7 Å². The van der Waals surface area contributed by atoms with Crippen LogP contribution in [0.3, 0.4) is 0 Å². The number of nitrogens with zero attached hydrogens (tertiary/aromatic N) is 4. The van der Waals surface area contributed by atoms with Gasteiger partial charge in [0.2, 0.25) is 0 Å². The molecule has 184 valence electrons. The summed E-state index contributed by atoms with van der Waals surface area (Å²) >= 11 is 0. The molecule has 0 unspecified atom stereocenters. The fraction of sp³-hybridized carbons (Fsp3) is 0.607. The molecule has 0 saturated carbocycles. The number of likely N-dealkylation sites (tertiary alicyclic amines) is 2. The lowest BCUT2D eigenvalue weighted by atomic mass is 9.86. The molecule has 2 aliphatic heterocycles. The van der Waals surface area contributed by atoms with E-state index < -0.39 is 0 Å². The molecule has 6 nitrogen and oxygen atoms in total. The number of carbonyl (C=O) groups excluding carboxylic acids is 1. The van der Waals surface area contributed by atoms with E-state index >= 15 is 0 Å². The standard InChI is InChI=1S/C28H40N4O2/c1-20-25(11-8-21-6-9-22(10-7-21)28(2,3)4)29-19-30-26(20)27(33)31-15-12-23(13-16-31)32-17-14-24(18-32)34-5/h6-7,9-10,19,23-24H,8,11-18H2,1-5H3/t24-/m0/s1. The van der Waals surface area contributed by atoms with Crippen molar-refractivity contribution in [2.45, 2.75) is 77.4 Å². The van der Waals surface area contributed by atoms with Crippen molar-refractivity contribution in [3.63, 3.8) is 0 Å². The fourth-order valence-electron chi connectivity index (χ4n) is 5.25. The molecule has 1 atom stereocenters. The smallest absolute Gasteiger partial charge is 0.272 e. The summed E-state index contributed by atoms with van der Waals surface area (Å²) in [6, 6.07) is 9.41. The molecule has 34 heavy (non-hydrogen) atoms. The van der Waals surface area contributed by atoms with Crippen LogP contribution in [0.2, 0.25) is 0 Å². The Kier molecular flexibility index (Phi) is 7.68. The largest absolute Gasteiger partial charge is 0.380 e. The zero-order valence-corrected chi connectivity index (χ0v) is 21.5. The molecule has 2 fully saturated rings. The van der Waals surface area contributed by atoms with Gasteiger partial charge >= 0.3 is 0 Å². The first-order valence-corrected chi connectivity index (χ1v) is 12.7. The summed E-state index contributed by atoms with van der Waals surface area (Å²) in [4.78, 5) is 26.7. The second kappa shape index (κ2) is 10.5. The number of carbonyl (C=O) groups is 1. The number of rotatable bonds is 6. The Balaban J connectivity index is 1.35. The van der Waals surface area contributed by atoms with Crippen molar-refractivity contribution in [2.24, 2.45) is 0 Å². The van der Waals surface area contributed by atoms with Gasteiger partial charge in [-0.3, -0.25) is 9.69 Å². The second-order valence-electron chi connectivity index (χ2n) is 10.9. The first kappa shape index (κ1) is 24.8. The van der Waals surface area contributed by atoms with Gasteiger partial charge in [-0.25, -0.2) is 9.97 Å². The van der Waals surface area contributed by atoms with Gasteiger partial charge in [-0.15, -0.1) is 0 Å². The number of aryl methyl sites for hydroxylation is 2. The Morgan fingerprint density at radius 3 is 2.35 bits per heavy atom. The van der Waals surface area contributed by atoms with E-state index in [0.717, 1.165) is 69.5 Å². The summed E-state index contributed by atoms with van der Waals surface area (Å²) in [6.07, 6.45) is 6.77. The van der Waals surface area contributed by atoms with Crippen LogP contribution in [0.1, 0.15) is 72.9 Å². The zero-order chi connectivity index (χ0) is 24.3. The molecular formula is C28H40N4O2. The number of amides is 1. The van der Waals surface area contributed by atoms with Gasteiger partial charge in [-0.2, -0.15) is 0 Å². The maximum absolute atomic E-state index is 13.3. The molecule has 2 aromatic rings. The van der Waals surface area contributed by atoms with Gasteiger partial charge in [0.25, 0.3) is 5.91 Å². The Morgan fingerprint density at radius 2 is 1.74 bits per heavy atom. The molecule has 0 N–H and O–H groups in total. The van der Waals surface area contributed by atoms with E-state index in [9.17, 15) is 4.79 Å². The average molecular weight is 465 g/mol. The van der Waals surface area contributed by atoms with Crippen LogP contribution in [0.4, 0.5) is 0 Å². The highest BCUT2D eigenvalue weighted by atomic mass is 16.5. The monoisotopic (exact) mass is 464 g/mol. The third-order valence-electron chi connectivity index (χ3n) is 7.64. The number of aromatic nitrogens is 2. The molecule has 2 aliphatic rings. The summed E-state index contributed by atoms with van der Waals surface area (Å²) in [5.41, 5.74) is 5.24. The minimum atomic E-state index is 0.0466. The molecule has 1 aromatic heterocycles. The second-order valence-corrected chi connectivity index (χ2v) is 10.9. The summed E-state index contributed by atoms with van der Waals surface area (Å²) in [7, 11) is 1.80. The van der Waals surface area contributed by atoms with Crippen molar-refractivity contribution < 1.29 is 9.53 Å². The molecule has 3 heterocycles. The van der Waals surface area contributed by atoms with Crippen LogP contribution >= 0.6 is 0 Å². The van der Waals surface area contributed by atoms with E-state index in [0.29, 0.717) is 17.8 Å². The molecule has 1 aromatic carbocycles. The van der Waals surface area contributed by atoms with Gasteiger partial charge in [0, 0.05) is 50.6 Å². The summed E-state index contributed by atoms with van der Waals surface area (Å²) < 4.78 is 5.52. The highest BCUT2D eigenvalue weighted by molar-refractivity contribution is 5.93. The van der Waals surface area contributed by atoms with E-state index in [-0.39, 0.29) is 11.3 Å². The fourth-order valence-corrected chi connectivity index (χ4v) is 5.25. The third kappa shape index (κ3) is 5.66. The maximum Gasteiger partial charge on any atom is 0.272 e. The first-order chi connectivity index (χ1) is 16.3. The molecule has 0 radical (unpaired) electrons. The number of benzene rings is 1. The van der Waals surface area contributed by atoms with Crippen molar-refractivity contribution in [3.8, 4) is 0 Å². The highest BCUT2D eigenvalue weighted by Crippen LogP contribution is 2.25. The van der Waals surface area contributed by atoms with Crippen molar-refractivity contribution in [2.75, 3.05) is 33.3 Å². The van der Waals surface area contributed by atoms with Crippen molar-refractivity contribution in [1.82, 2.24) is 19.8 Å². The quantitative estimate of drug-likeness (QED) is 0.642. The number of hydrogen-bond acceptors (Lipinski definition) is 5. The Morgan fingerprint density at radius 1 is 1.03 bits per heavy atom. The van der Waals surface area contributed by atoms with Crippen molar-refractivity contribution >= 4 is 5.91 Å². The van der Waals surface area contributed by atoms with Gasteiger partial charge in [0.05, 0.1) is 6.10 Å². The van der Waals surface area contributed by atoms with Crippen LogP contribution in [-0.4, -0.2) is 71.1 Å². The first-order valence-electron chi connectivity index (χ1n) is 12.7. The summed E-state index contributed by atoms with van der Waals surface area (Å²) in [5, 5.41) is 0. The van der Waals surface area contributed by atoms with Crippen molar-refractivity contribution in [1.29, 1.82) is 0 Å². The topological polar surface area (TPSA) is 58.6 Å². The van der Waals surface area contributed by atoms with E-state index in [2.05, 4.69) is 59.9 Å². The van der Waals surface area contributed by atoms with Gasteiger partial charge in [-0.1, -0.05) is 45.0 Å². The predicted molar refractivity (Wildman–Crippen MR) is 135 cm³/mol. The van der Waals surface area contributed by atoms with E-state index in [1.54, 1.807) is 13.4 Å². The SMILES string of the molecule is CO[C@H]1CCN(C2CCN(C(=O)c3ncnc(CCc4ccc(C(C)(C)C)cc4)c3C)CC2)C1. The maximum atomic E-state index is 13.3. The Labute approximate surface area is 204 Å². The number of hydrogen-bond donors (Lipinski definition) is 0. The van der Waals surface area contributed by atoms with Crippen LogP contribution in [0.5, 0.6) is 0 Å². The zero-order valence-electron chi connectivity index (χ0n) is 21.5. The number of ether oxygens (including phenoxy) is 1. The van der Waals surface area contributed by atoms with Crippen LogP contribution in [0, 0.1) is 6.92 Å². The van der Waals surface area contributed by atoms with Crippen LogP contribution in [-0.2, 0) is 23.0 Å². The minimum Gasteiger partial charge on any atom is -0.380 e. The number of methoxy groups -OCH3 is 1. The molecule has 4 rings (SSSR count). The van der Waals surface area contributed by atoms with E-state index in [1.165, 1.54) is 11.1 Å². The lowest BCUT2D eigenvalue weighted by Crippen LogP contribution is -2.46. The number of piperidine rings is 1. The molecule has 0 spiro atoms. The molecule has 6 heteroatoms. The Bertz CT molecular complexity index is 975. The predicted octanol–water partition coefficient (Wildman–Crippen LogP) is 4.19. The average Bonchev–Trinajstić information content (AvgIpc) is 3.32. The highest BCUT2D eigenvalue weighted by Gasteiger charge is 2.32.